The van der Waals surface area contributed by atoms with Gasteiger partial charge >= 0.3 is 0 Å². The molecule has 0 aliphatic rings. The molecule has 1 aromatic heterocycles. The number of hydrogen-bond donors (Lipinski definition) is 0. The highest BCUT2D eigenvalue weighted by atomic mass is 32.1. The molecule has 0 fully saturated rings. The van der Waals surface area contributed by atoms with Crippen LogP contribution >= 0.6 is 11.3 Å². The number of methoxy groups -OCH3 is 1. The van der Waals surface area contributed by atoms with Crippen LogP contribution in [0.2, 0.25) is 0 Å². The first-order chi connectivity index (χ1) is 9.10. The van der Waals surface area contributed by atoms with Crippen molar-refractivity contribution in [2.24, 2.45) is 0 Å². The van der Waals surface area contributed by atoms with Gasteiger partial charge in [-0.3, -0.25) is 4.79 Å². The zero-order chi connectivity index (χ0) is 13.8. The van der Waals surface area contributed by atoms with E-state index in [9.17, 15) is 4.79 Å². The highest BCUT2D eigenvalue weighted by Gasteiger charge is 2.11. The van der Waals surface area contributed by atoms with E-state index in [2.05, 4.69) is 4.98 Å². The van der Waals surface area contributed by atoms with Crippen LogP contribution in [-0.2, 0) is 6.61 Å². The van der Waals surface area contributed by atoms with E-state index in [1.165, 1.54) is 6.92 Å². The first-order valence-corrected chi connectivity index (χ1v) is 6.71. The van der Waals surface area contributed by atoms with Gasteiger partial charge in [-0.25, -0.2) is 4.98 Å². The molecule has 2 rings (SSSR count). The molecule has 0 saturated heterocycles. The highest BCUT2D eigenvalue weighted by molar-refractivity contribution is 7.09. The molecule has 0 N–H and O–H groups in total. The van der Waals surface area contributed by atoms with Gasteiger partial charge in [0.05, 0.1) is 12.7 Å². The van der Waals surface area contributed by atoms with Gasteiger partial charge in [-0.05, 0) is 26.0 Å². The molecule has 100 valence electrons. The van der Waals surface area contributed by atoms with Gasteiger partial charge in [0.2, 0.25) is 0 Å². The number of hydrogen-bond acceptors (Lipinski definition) is 5. The second kappa shape index (κ2) is 5.84. The molecule has 0 spiro atoms. The molecule has 2 aromatic rings. The Kier molecular flexibility index (Phi) is 4.16. The quantitative estimate of drug-likeness (QED) is 0.787. The fourth-order valence-electron chi connectivity index (χ4n) is 1.65. The Hall–Kier alpha value is -1.88. The van der Waals surface area contributed by atoms with E-state index in [1.807, 2.05) is 12.3 Å². The second-order valence-corrected chi connectivity index (χ2v) is 5.03. The number of ether oxygens (including phenoxy) is 2. The highest BCUT2D eigenvalue weighted by Crippen LogP contribution is 2.26. The monoisotopic (exact) mass is 277 g/mol. The maximum absolute atomic E-state index is 11.5. The number of Topliss-reactive ketones (excluding diaryl/α,β-unsaturated/α-hetero) is 1. The van der Waals surface area contributed by atoms with Crippen LogP contribution in [0.15, 0.2) is 23.6 Å². The fourth-order valence-corrected chi connectivity index (χ4v) is 2.33. The first-order valence-electron chi connectivity index (χ1n) is 5.83. The van der Waals surface area contributed by atoms with Crippen LogP contribution in [0.25, 0.3) is 0 Å². The number of thiazole rings is 1. The molecule has 19 heavy (non-hydrogen) atoms. The molecular formula is C14H15NO3S. The predicted molar refractivity (Wildman–Crippen MR) is 74.2 cm³/mol. The lowest BCUT2D eigenvalue weighted by Crippen LogP contribution is -2.02. The number of carbonyl (C=O) groups excluding carboxylic acids is 1. The Morgan fingerprint density at radius 3 is 2.79 bits per heavy atom. The van der Waals surface area contributed by atoms with Crippen molar-refractivity contribution in [3.63, 3.8) is 0 Å². The third-order valence-corrected chi connectivity index (χ3v) is 3.53. The van der Waals surface area contributed by atoms with E-state index in [0.717, 1.165) is 10.7 Å². The molecule has 0 aliphatic carbocycles. The number of carbonyl (C=O) groups is 1. The van der Waals surface area contributed by atoms with Crippen LogP contribution in [0.4, 0.5) is 0 Å². The summed E-state index contributed by atoms with van der Waals surface area (Å²) in [6.07, 6.45) is 0. The zero-order valence-electron chi connectivity index (χ0n) is 11.1. The molecule has 5 heteroatoms. The lowest BCUT2D eigenvalue weighted by molar-refractivity contribution is 0.101. The normalized spacial score (nSPS) is 10.3. The van der Waals surface area contributed by atoms with Gasteiger partial charge < -0.3 is 9.47 Å². The van der Waals surface area contributed by atoms with Crippen molar-refractivity contribution >= 4 is 17.1 Å². The molecule has 0 amide bonds. The summed E-state index contributed by atoms with van der Waals surface area (Å²) in [5.41, 5.74) is 1.52. The average Bonchev–Trinajstić information content (AvgIpc) is 2.81. The van der Waals surface area contributed by atoms with E-state index >= 15 is 0 Å². The summed E-state index contributed by atoms with van der Waals surface area (Å²) in [5.74, 6) is 1.16. The summed E-state index contributed by atoms with van der Waals surface area (Å²) >= 11 is 1.54. The Labute approximate surface area is 116 Å². The smallest absolute Gasteiger partial charge is 0.163 e. The van der Waals surface area contributed by atoms with Gasteiger partial charge in [-0.15, -0.1) is 11.3 Å². The topological polar surface area (TPSA) is 48.4 Å². The Balaban J connectivity index is 2.19. The lowest BCUT2D eigenvalue weighted by atomic mass is 10.1. The van der Waals surface area contributed by atoms with Gasteiger partial charge in [0, 0.05) is 17.1 Å². The Morgan fingerprint density at radius 1 is 1.42 bits per heavy atom. The van der Waals surface area contributed by atoms with Crippen LogP contribution in [0, 0.1) is 6.92 Å². The van der Waals surface area contributed by atoms with Gasteiger partial charge in [-0.2, -0.15) is 0 Å². The number of nitrogens with zero attached hydrogens (tertiary/aromatic N) is 1. The van der Waals surface area contributed by atoms with Crippen LogP contribution in [0.1, 0.15) is 28.0 Å². The number of ketones is 1. The molecule has 0 atom stereocenters. The van der Waals surface area contributed by atoms with Crippen molar-refractivity contribution in [3.8, 4) is 11.5 Å². The molecular weight excluding hydrogens is 262 g/mol. The Bertz CT molecular complexity index is 592. The largest absolute Gasteiger partial charge is 0.497 e. The van der Waals surface area contributed by atoms with Crippen molar-refractivity contribution in [3.05, 3.63) is 39.8 Å². The van der Waals surface area contributed by atoms with E-state index in [0.29, 0.717) is 23.7 Å². The van der Waals surface area contributed by atoms with E-state index in [4.69, 9.17) is 9.47 Å². The lowest BCUT2D eigenvalue weighted by Gasteiger charge is -2.10. The molecule has 1 aromatic carbocycles. The summed E-state index contributed by atoms with van der Waals surface area (Å²) in [6.45, 7) is 3.81. The summed E-state index contributed by atoms with van der Waals surface area (Å²) in [5, 5.41) is 2.85. The summed E-state index contributed by atoms with van der Waals surface area (Å²) in [6, 6.07) is 5.18. The third-order valence-electron chi connectivity index (χ3n) is 2.59. The maximum atomic E-state index is 11.5. The average molecular weight is 277 g/mol. The van der Waals surface area contributed by atoms with Crippen LogP contribution in [0.5, 0.6) is 11.5 Å². The van der Waals surface area contributed by atoms with Gasteiger partial charge in [0.15, 0.2) is 5.78 Å². The molecule has 0 unspecified atom stereocenters. The minimum atomic E-state index is -0.0343. The van der Waals surface area contributed by atoms with E-state index < -0.39 is 0 Å². The molecule has 0 aliphatic heterocycles. The zero-order valence-corrected chi connectivity index (χ0v) is 11.9. The molecule has 0 saturated carbocycles. The van der Waals surface area contributed by atoms with Crippen LogP contribution in [-0.4, -0.2) is 17.9 Å². The van der Waals surface area contributed by atoms with Crippen molar-refractivity contribution in [1.29, 1.82) is 0 Å². The first kappa shape index (κ1) is 13.5. The Morgan fingerprint density at radius 2 is 2.21 bits per heavy atom. The molecule has 4 nitrogen and oxygen atoms in total. The summed E-state index contributed by atoms with van der Waals surface area (Å²) in [4.78, 5) is 15.9. The molecule has 0 bridgehead atoms. The second-order valence-electron chi connectivity index (χ2n) is 4.09. The van der Waals surface area contributed by atoms with E-state index in [1.54, 1.807) is 36.6 Å². The standard InChI is InChI=1S/C14H15NO3S/c1-9-8-19-14(15-9)7-18-13-6-11(17-3)4-5-12(13)10(2)16/h4-6,8H,7H2,1-3H3. The van der Waals surface area contributed by atoms with Crippen LogP contribution in [0.3, 0.4) is 0 Å². The molecule has 1 heterocycles. The van der Waals surface area contributed by atoms with Crippen molar-refractivity contribution < 1.29 is 14.3 Å². The summed E-state index contributed by atoms with van der Waals surface area (Å²) in [7, 11) is 1.58. The van der Waals surface area contributed by atoms with Crippen molar-refractivity contribution in [2.75, 3.05) is 7.11 Å². The SMILES string of the molecule is COc1ccc(C(C)=O)c(OCc2nc(C)cs2)c1. The number of aromatic nitrogens is 1. The molecule has 0 radical (unpaired) electrons. The van der Waals surface area contributed by atoms with E-state index in [-0.39, 0.29) is 5.78 Å². The predicted octanol–water partition coefficient (Wildman–Crippen LogP) is 3.24. The fraction of sp³-hybridized carbons (Fsp3) is 0.286. The number of rotatable bonds is 5. The minimum Gasteiger partial charge on any atom is -0.497 e. The number of benzene rings is 1. The summed E-state index contributed by atoms with van der Waals surface area (Å²) < 4.78 is 10.8. The van der Waals surface area contributed by atoms with Crippen molar-refractivity contribution in [2.45, 2.75) is 20.5 Å². The number of aryl methyl sites for hydroxylation is 1. The third kappa shape index (κ3) is 3.32. The van der Waals surface area contributed by atoms with Crippen molar-refractivity contribution in [1.82, 2.24) is 4.98 Å². The van der Waals surface area contributed by atoms with Gasteiger partial charge in [0.1, 0.15) is 23.1 Å². The van der Waals surface area contributed by atoms with Gasteiger partial charge in [0.25, 0.3) is 0 Å². The maximum Gasteiger partial charge on any atom is 0.163 e. The van der Waals surface area contributed by atoms with Crippen LogP contribution < -0.4 is 9.47 Å². The minimum absolute atomic E-state index is 0.0343. The van der Waals surface area contributed by atoms with Gasteiger partial charge in [-0.1, -0.05) is 0 Å².